The van der Waals surface area contributed by atoms with E-state index in [0.717, 1.165) is 6.07 Å². The number of rotatable bonds is 9. The highest BCUT2D eigenvalue weighted by atomic mass is 19.2. The number of hydrogen-bond donors (Lipinski definition) is 2. The first-order valence-corrected chi connectivity index (χ1v) is 11.8. The van der Waals surface area contributed by atoms with E-state index in [1.807, 2.05) is 36.4 Å². The SMILES string of the molecule is COCCN1C[C@@H](NC(=O)Nc2c(C)c(OCC#N)nn2-c2ccccc2)[C@H](c2ccc(F)c(F)c2)C1. The number of urea groups is 1. The summed E-state index contributed by atoms with van der Waals surface area (Å²) in [6.07, 6.45) is 0. The number of nitrogens with zero attached hydrogens (tertiary/aromatic N) is 4. The van der Waals surface area contributed by atoms with Gasteiger partial charge in [0.15, 0.2) is 18.2 Å². The summed E-state index contributed by atoms with van der Waals surface area (Å²) in [5, 5.41) is 19.2. The number of benzene rings is 2. The third kappa shape index (κ3) is 6.04. The molecule has 1 saturated heterocycles. The number of halogens is 2. The van der Waals surface area contributed by atoms with Crippen molar-refractivity contribution in [2.45, 2.75) is 18.9 Å². The number of carbonyl (C=O) groups is 1. The number of nitriles is 1. The number of hydrogen-bond acceptors (Lipinski definition) is 6. The van der Waals surface area contributed by atoms with Crippen LogP contribution in [0.15, 0.2) is 48.5 Å². The van der Waals surface area contributed by atoms with E-state index in [2.05, 4.69) is 20.6 Å². The summed E-state index contributed by atoms with van der Waals surface area (Å²) in [6.45, 7) is 3.75. The van der Waals surface area contributed by atoms with Crippen LogP contribution in [0.25, 0.3) is 5.69 Å². The van der Waals surface area contributed by atoms with Crippen LogP contribution in [-0.2, 0) is 4.74 Å². The van der Waals surface area contributed by atoms with Gasteiger partial charge in [0.25, 0.3) is 0 Å². The Balaban J connectivity index is 1.57. The number of para-hydroxylation sites is 1. The van der Waals surface area contributed by atoms with Crippen molar-refractivity contribution in [1.82, 2.24) is 20.0 Å². The first kappa shape index (κ1) is 26.1. The molecule has 1 aromatic heterocycles. The molecule has 9 nitrogen and oxygen atoms in total. The number of amides is 2. The lowest BCUT2D eigenvalue weighted by molar-refractivity contribution is 0.159. The van der Waals surface area contributed by atoms with Gasteiger partial charge in [0.05, 0.1) is 23.9 Å². The van der Waals surface area contributed by atoms with Crippen LogP contribution in [-0.4, -0.2) is 66.7 Å². The van der Waals surface area contributed by atoms with Crippen LogP contribution in [0.5, 0.6) is 5.88 Å². The third-order valence-electron chi connectivity index (χ3n) is 6.28. The summed E-state index contributed by atoms with van der Waals surface area (Å²) < 4.78 is 39.7. The van der Waals surface area contributed by atoms with Gasteiger partial charge in [-0.1, -0.05) is 24.3 Å². The average molecular weight is 511 g/mol. The maximum atomic E-state index is 14.0. The van der Waals surface area contributed by atoms with Gasteiger partial charge in [0, 0.05) is 32.7 Å². The van der Waals surface area contributed by atoms with Gasteiger partial charge in [0.2, 0.25) is 5.88 Å². The van der Waals surface area contributed by atoms with Crippen LogP contribution in [0.3, 0.4) is 0 Å². The van der Waals surface area contributed by atoms with Crippen molar-refractivity contribution < 1.29 is 23.0 Å². The molecular weight excluding hydrogens is 482 g/mol. The molecule has 0 unspecified atom stereocenters. The largest absolute Gasteiger partial charge is 0.461 e. The predicted octanol–water partition coefficient (Wildman–Crippen LogP) is 3.60. The Labute approximate surface area is 213 Å². The molecule has 4 rings (SSSR count). The summed E-state index contributed by atoms with van der Waals surface area (Å²) in [5.41, 5.74) is 1.85. The number of aromatic nitrogens is 2. The van der Waals surface area contributed by atoms with E-state index in [4.69, 9.17) is 14.7 Å². The minimum absolute atomic E-state index is 0.187. The van der Waals surface area contributed by atoms with E-state index in [1.165, 1.54) is 10.7 Å². The second kappa shape index (κ2) is 11.8. The highest BCUT2D eigenvalue weighted by molar-refractivity contribution is 5.90. The molecular formula is C26H28F2N6O3. The third-order valence-corrected chi connectivity index (χ3v) is 6.28. The van der Waals surface area contributed by atoms with Gasteiger partial charge in [-0.05, 0) is 36.8 Å². The average Bonchev–Trinajstić information content (AvgIpc) is 3.44. The fraction of sp³-hybridized carbons (Fsp3) is 0.346. The summed E-state index contributed by atoms with van der Waals surface area (Å²) >= 11 is 0. The molecule has 1 aliphatic rings. The number of likely N-dealkylation sites (tertiary alicyclic amines) is 1. The monoisotopic (exact) mass is 510 g/mol. The number of anilines is 1. The van der Waals surface area contributed by atoms with Crippen molar-refractivity contribution in [2.75, 3.05) is 45.3 Å². The van der Waals surface area contributed by atoms with E-state index >= 15 is 0 Å². The lowest BCUT2D eigenvalue weighted by atomic mass is 9.94. The van der Waals surface area contributed by atoms with Gasteiger partial charge in [-0.2, -0.15) is 5.26 Å². The molecule has 194 valence electrons. The Morgan fingerprint density at radius 1 is 1.19 bits per heavy atom. The van der Waals surface area contributed by atoms with Crippen molar-refractivity contribution in [1.29, 1.82) is 5.26 Å². The van der Waals surface area contributed by atoms with Crippen molar-refractivity contribution in [2.24, 2.45) is 0 Å². The van der Waals surface area contributed by atoms with Gasteiger partial charge in [-0.3, -0.25) is 10.2 Å². The van der Waals surface area contributed by atoms with Crippen LogP contribution in [0, 0.1) is 29.9 Å². The molecule has 2 N–H and O–H groups in total. The van der Waals surface area contributed by atoms with Crippen molar-refractivity contribution >= 4 is 11.8 Å². The highest BCUT2D eigenvalue weighted by Gasteiger charge is 2.35. The summed E-state index contributed by atoms with van der Waals surface area (Å²) in [4.78, 5) is 15.3. The van der Waals surface area contributed by atoms with Crippen LogP contribution in [0.4, 0.5) is 19.4 Å². The predicted molar refractivity (Wildman–Crippen MR) is 133 cm³/mol. The van der Waals surface area contributed by atoms with Crippen LogP contribution < -0.4 is 15.4 Å². The van der Waals surface area contributed by atoms with E-state index in [-0.39, 0.29) is 24.4 Å². The van der Waals surface area contributed by atoms with Gasteiger partial charge in [0.1, 0.15) is 11.9 Å². The number of methoxy groups -OCH3 is 1. The Bertz CT molecular complexity index is 1280. The van der Waals surface area contributed by atoms with Crippen LogP contribution >= 0.6 is 0 Å². The molecule has 2 aromatic carbocycles. The van der Waals surface area contributed by atoms with E-state index in [0.29, 0.717) is 48.9 Å². The molecule has 0 spiro atoms. The Hall–Kier alpha value is -4.01. The zero-order chi connectivity index (χ0) is 26.4. The minimum atomic E-state index is -0.927. The maximum Gasteiger partial charge on any atom is 0.320 e. The zero-order valence-electron chi connectivity index (χ0n) is 20.6. The molecule has 3 aromatic rings. The lowest BCUT2D eigenvalue weighted by Crippen LogP contribution is -2.42. The maximum absolute atomic E-state index is 14.0. The lowest BCUT2D eigenvalue weighted by Gasteiger charge is -2.21. The molecule has 2 amide bonds. The summed E-state index contributed by atoms with van der Waals surface area (Å²) in [5.74, 6) is -1.49. The van der Waals surface area contributed by atoms with Gasteiger partial charge < -0.3 is 14.8 Å². The molecule has 0 aliphatic carbocycles. The molecule has 2 atom stereocenters. The molecule has 0 bridgehead atoms. The van der Waals surface area contributed by atoms with Gasteiger partial charge in [-0.15, -0.1) is 5.10 Å². The number of carbonyl (C=O) groups excluding carboxylic acids is 1. The second-order valence-corrected chi connectivity index (χ2v) is 8.71. The first-order valence-electron chi connectivity index (χ1n) is 11.8. The zero-order valence-corrected chi connectivity index (χ0v) is 20.6. The standard InChI is InChI=1S/C26H28F2N6O3/c1-17-24(34(19-6-4-3-5-7-19)32-25(17)37-12-10-29)31-26(35)30-23-16-33(11-13-36-2)15-20(23)18-8-9-21(27)22(28)14-18/h3-9,14,20,23H,11-13,15-16H2,1-2H3,(H2,30,31,35)/t20-,23+/m0/s1. The summed E-state index contributed by atoms with van der Waals surface area (Å²) in [7, 11) is 1.61. The second-order valence-electron chi connectivity index (χ2n) is 8.71. The molecule has 1 aliphatic heterocycles. The molecule has 11 heteroatoms. The fourth-order valence-corrected chi connectivity index (χ4v) is 4.44. The quantitative estimate of drug-likeness (QED) is 0.456. The molecule has 0 radical (unpaired) electrons. The van der Waals surface area contributed by atoms with E-state index in [1.54, 1.807) is 20.1 Å². The van der Waals surface area contributed by atoms with E-state index in [9.17, 15) is 13.6 Å². The Morgan fingerprint density at radius 2 is 1.97 bits per heavy atom. The Morgan fingerprint density at radius 3 is 2.68 bits per heavy atom. The van der Waals surface area contributed by atoms with Crippen molar-refractivity contribution in [3.05, 3.63) is 71.3 Å². The van der Waals surface area contributed by atoms with Crippen molar-refractivity contribution in [3.8, 4) is 17.6 Å². The minimum Gasteiger partial charge on any atom is -0.461 e. The molecule has 2 heterocycles. The van der Waals surface area contributed by atoms with Crippen LogP contribution in [0.2, 0.25) is 0 Å². The first-order chi connectivity index (χ1) is 17.9. The number of nitrogens with one attached hydrogen (secondary N) is 2. The topological polar surface area (TPSA) is 104 Å². The number of ether oxygens (including phenoxy) is 2. The van der Waals surface area contributed by atoms with Crippen molar-refractivity contribution in [3.63, 3.8) is 0 Å². The normalized spacial score (nSPS) is 17.4. The molecule has 0 saturated carbocycles. The smallest absolute Gasteiger partial charge is 0.320 e. The fourth-order valence-electron chi connectivity index (χ4n) is 4.44. The highest BCUT2D eigenvalue weighted by Crippen LogP contribution is 2.30. The van der Waals surface area contributed by atoms with Crippen LogP contribution in [0.1, 0.15) is 17.0 Å². The molecule has 1 fully saturated rings. The summed E-state index contributed by atoms with van der Waals surface area (Å²) in [6, 6.07) is 14.1. The van der Waals surface area contributed by atoms with E-state index < -0.39 is 17.7 Å². The Kier molecular flexibility index (Phi) is 8.32. The molecule has 37 heavy (non-hydrogen) atoms. The van der Waals surface area contributed by atoms with Gasteiger partial charge >= 0.3 is 6.03 Å². The van der Waals surface area contributed by atoms with Gasteiger partial charge in [-0.25, -0.2) is 18.3 Å².